The Morgan fingerprint density at radius 1 is 1.21 bits per heavy atom. The molecule has 74 valence electrons. The van der Waals surface area contributed by atoms with Crippen LogP contribution in [-0.2, 0) is 0 Å². The van der Waals surface area contributed by atoms with E-state index in [1.165, 1.54) is 22.3 Å². The molecule has 0 radical (unpaired) electrons. The van der Waals surface area contributed by atoms with Crippen LogP contribution < -0.4 is 0 Å². The van der Waals surface area contributed by atoms with Gasteiger partial charge in [0.25, 0.3) is 0 Å². The molecule has 0 amide bonds. The van der Waals surface area contributed by atoms with Crippen molar-refractivity contribution in [2.75, 3.05) is 0 Å². The third-order valence-corrected chi connectivity index (χ3v) is 2.70. The minimum atomic E-state index is 0.274. The predicted molar refractivity (Wildman–Crippen MR) is 62.5 cm³/mol. The topological polar surface area (TPSA) is 0 Å². The van der Waals surface area contributed by atoms with Gasteiger partial charge in [-0.3, -0.25) is 0 Å². The molecule has 0 aliphatic heterocycles. The van der Waals surface area contributed by atoms with Gasteiger partial charge in [-0.25, -0.2) is 0 Å². The molecule has 0 N–H and O–H groups in total. The summed E-state index contributed by atoms with van der Waals surface area (Å²) in [5.74, 6) is 3.14. The average Bonchev–Trinajstić information content (AvgIpc) is 2.10. The number of benzene rings is 1. The first-order valence-corrected chi connectivity index (χ1v) is 5.14. The van der Waals surface area contributed by atoms with Crippen molar-refractivity contribution in [1.82, 2.24) is 0 Å². The summed E-state index contributed by atoms with van der Waals surface area (Å²) >= 11 is 0. The zero-order chi connectivity index (χ0) is 10.7. The van der Waals surface area contributed by atoms with E-state index in [0.29, 0.717) is 0 Å². The highest BCUT2D eigenvalue weighted by Gasteiger charge is 2.11. The highest BCUT2D eigenvalue weighted by molar-refractivity contribution is 5.42. The number of terminal acetylenes is 1. The Morgan fingerprint density at radius 2 is 1.71 bits per heavy atom. The zero-order valence-electron chi connectivity index (χ0n) is 9.52. The first-order valence-electron chi connectivity index (χ1n) is 5.14. The summed E-state index contributed by atoms with van der Waals surface area (Å²) < 4.78 is 0. The van der Waals surface area contributed by atoms with E-state index >= 15 is 0 Å². The standard InChI is InChI=1S/C14H18/c1-6-13(7-2)14-11(4)8-10(3)9-12(14)5/h1,8-9,13H,7H2,2-5H3. The van der Waals surface area contributed by atoms with Gasteiger partial charge in [0.05, 0.1) is 0 Å². The number of hydrogen-bond acceptors (Lipinski definition) is 0. The van der Waals surface area contributed by atoms with Crippen molar-refractivity contribution in [2.45, 2.75) is 40.0 Å². The van der Waals surface area contributed by atoms with Crippen LogP contribution in [0.1, 0.15) is 41.5 Å². The third-order valence-electron chi connectivity index (χ3n) is 2.70. The predicted octanol–water partition coefficient (Wildman–Crippen LogP) is 3.74. The maximum absolute atomic E-state index is 5.54. The first kappa shape index (κ1) is 10.9. The quantitative estimate of drug-likeness (QED) is 0.617. The van der Waals surface area contributed by atoms with Gasteiger partial charge in [-0.2, -0.15) is 0 Å². The molecule has 0 bridgehead atoms. The van der Waals surface area contributed by atoms with Crippen LogP contribution in [0.15, 0.2) is 12.1 Å². The van der Waals surface area contributed by atoms with Gasteiger partial charge in [-0.15, -0.1) is 6.42 Å². The van der Waals surface area contributed by atoms with Crippen molar-refractivity contribution in [3.05, 3.63) is 34.4 Å². The highest BCUT2D eigenvalue weighted by Crippen LogP contribution is 2.26. The fourth-order valence-corrected chi connectivity index (χ4v) is 2.15. The van der Waals surface area contributed by atoms with Gasteiger partial charge in [-0.1, -0.05) is 30.5 Å². The van der Waals surface area contributed by atoms with Crippen molar-refractivity contribution < 1.29 is 0 Å². The molecule has 0 saturated carbocycles. The monoisotopic (exact) mass is 186 g/mol. The van der Waals surface area contributed by atoms with Gasteiger partial charge in [-0.05, 0) is 43.9 Å². The molecule has 1 atom stereocenters. The third kappa shape index (κ3) is 1.99. The van der Waals surface area contributed by atoms with Crippen molar-refractivity contribution in [1.29, 1.82) is 0 Å². The van der Waals surface area contributed by atoms with Crippen molar-refractivity contribution >= 4 is 0 Å². The van der Waals surface area contributed by atoms with Crippen LogP contribution in [0, 0.1) is 33.1 Å². The van der Waals surface area contributed by atoms with E-state index in [0.717, 1.165) is 6.42 Å². The fourth-order valence-electron chi connectivity index (χ4n) is 2.15. The average molecular weight is 186 g/mol. The van der Waals surface area contributed by atoms with E-state index in [9.17, 15) is 0 Å². The molecule has 1 aromatic rings. The summed E-state index contributed by atoms with van der Waals surface area (Å²) in [5, 5.41) is 0. The van der Waals surface area contributed by atoms with E-state index in [1.807, 2.05) is 0 Å². The Kier molecular flexibility index (Phi) is 3.36. The van der Waals surface area contributed by atoms with Crippen LogP contribution in [0.2, 0.25) is 0 Å². The fraction of sp³-hybridized carbons (Fsp3) is 0.429. The van der Waals surface area contributed by atoms with E-state index in [-0.39, 0.29) is 5.92 Å². The SMILES string of the molecule is C#CC(CC)c1c(C)cc(C)cc1C. The highest BCUT2D eigenvalue weighted by atomic mass is 14.1. The summed E-state index contributed by atoms with van der Waals surface area (Å²) in [6.45, 7) is 8.56. The van der Waals surface area contributed by atoms with E-state index in [4.69, 9.17) is 6.42 Å². The van der Waals surface area contributed by atoms with Crippen LogP contribution >= 0.6 is 0 Å². The minimum absolute atomic E-state index is 0.274. The molecule has 0 fully saturated rings. The van der Waals surface area contributed by atoms with Gasteiger partial charge in [0, 0.05) is 5.92 Å². The Hall–Kier alpha value is -1.22. The van der Waals surface area contributed by atoms with Gasteiger partial charge in [0.2, 0.25) is 0 Å². The van der Waals surface area contributed by atoms with Crippen molar-refractivity contribution in [2.24, 2.45) is 0 Å². The number of aryl methyl sites for hydroxylation is 3. The molecule has 0 nitrogen and oxygen atoms in total. The van der Waals surface area contributed by atoms with Crippen LogP contribution in [0.25, 0.3) is 0 Å². The molecule has 0 heteroatoms. The molecule has 0 aromatic heterocycles. The minimum Gasteiger partial charge on any atom is -0.119 e. The first-order chi connectivity index (χ1) is 6.60. The normalized spacial score (nSPS) is 12.2. The van der Waals surface area contributed by atoms with Gasteiger partial charge in [0.15, 0.2) is 0 Å². The lowest BCUT2D eigenvalue weighted by atomic mass is 9.88. The molecule has 0 aliphatic carbocycles. The second-order valence-corrected chi connectivity index (χ2v) is 3.94. The van der Waals surface area contributed by atoms with Crippen LogP contribution in [0.5, 0.6) is 0 Å². The van der Waals surface area contributed by atoms with E-state index in [1.54, 1.807) is 0 Å². The van der Waals surface area contributed by atoms with Gasteiger partial charge >= 0.3 is 0 Å². The molecule has 14 heavy (non-hydrogen) atoms. The molecule has 1 unspecified atom stereocenters. The Bertz CT molecular complexity index is 343. The van der Waals surface area contributed by atoms with E-state index in [2.05, 4.69) is 45.7 Å². The number of hydrogen-bond donors (Lipinski definition) is 0. The largest absolute Gasteiger partial charge is 0.119 e. The smallest absolute Gasteiger partial charge is 0.0452 e. The lowest BCUT2D eigenvalue weighted by Crippen LogP contribution is -2.01. The second-order valence-electron chi connectivity index (χ2n) is 3.94. The van der Waals surface area contributed by atoms with Gasteiger partial charge in [0.1, 0.15) is 0 Å². The molecule has 0 saturated heterocycles. The Balaban J connectivity index is 3.28. The molecule has 0 aliphatic rings. The summed E-state index contributed by atoms with van der Waals surface area (Å²) in [7, 11) is 0. The lowest BCUT2D eigenvalue weighted by molar-refractivity contribution is 0.815. The maximum Gasteiger partial charge on any atom is 0.0452 e. The summed E-state index contributed by atoms with van der Waals surface area (Å²) in [6, 6.07) is 4.42. The molecule has 1 aromatic carbocycles. The number of rotatable bonds is 2. The summed E-state index contributed by atoms with van der Waals surface area (Å²) in [4.78, 5) is 0. The Labute approximate surface area is 87.4 Å². The Morgan fingerprint density at radius 3 is 2.07 bits per heavy atom. The van der Waals surface area contributed by atoms with Crippen LogP contribution in [0.4, 0.5) is 0 Å². The molecule has 0 heterocycles. The summed E-state index contributed by atoms with van der Waals surface area (Å²) in [6.07, 6.45) is 6.56. The molecule has 1 rings (SSSR count). The zero-order valence-corrected chi connectivity index (χ0v) is 9.52. The molecule has 0 spiro atoms. The molecular weight excluding hydrogens is 168 g/mol. The lowest BCUT2D eigenvalue weighted by Gasteiger charge is -2.16. The van der Waals surface area contributed by atoms with Gasteiger partial charge < -0.3 is 0 Å². The summed E-state index contributed by atoms with van der Waals surface area (Å²) in [5.41, 5.74) is 5.32. The molecular formula is C14H18. The van der Waals surface area contributed by atoms with E-state index < -0.39 is 0 Å². The van der Waals surface area contributed by atoms with Crippen molar-refractivity contribution in [3.8, 4) is 12.3 Å². The second kappa shape index (κ2) is 4.33. The maximum atomic E-state index is 5.54. The van der Waals surface area contributed by atoms with Crippen LogP contribution in [0.3, 0.4) is 0 Å². The van der Waals surface area contributed by atoms with Crippen LogP contribution in [-0.4, -0.2) is 0 Å². The van der Waals surface area contributed by atoms with Crippen molar-refractivity contribution in [3.63, 3.8) is 0 Å².